The Morgan fingerprint density at radius 1 is 1.44 bits per heavy atom. The second-order valence-electron chi connectivity index (χ2n) is 4.11. The fraction of sp³-hybridized carbons (Fsp3) is 0.231. The largest absolute Gasteiger partial charge is 0.481 e. The van der Waals surface area contributed by atoms with Crippen molar-refractivity contribution in [2.45, 2.75) is 20.3 Å². The summed E-state index contributed by atoms with van der Waals surface area (Å²) >= 11 is 3.43. The number of rotatable bonds is 3. The van der Waals surface area contributed by atoms with E-state index in [1.807, 2.05) is 25.1 Å². The Morgan fingerprint density at radius 2 is 2.17 bits per heavy atom. The molecule has 1 heterocycles. The van der Waals surface area contributed by atoms with Gasteiger partial charge in [-0.1, -0.05) is 21.1 Å². The molecule has 0 aliphatic carbocycles. The van der Waals surface area contributed by atoms with E-state index in [-0.39, 0.29) is 6.42 Å². The van der Waals surface area contributed by atoms with Crippen molar-refractivity contribution in [1.82, 2.24) is 5.16 Å². The molecule has 0 spiro atoms. The predicted octanol–water partition coefficient (Wildman–Crippen LogP) is 3.35. The molecule has 0 fully saturated rings. The molecule has 0 radical (unpaired) electrons. The van der Waals surface area contributed by atoms with Gasteiger partial charge in [0.25, 0.3) is 0 Å². The second kappa shape index (κ2) is 4.94. The topological polar surface area (TPSA) is 63.3 Å². The van der Waals surface area contributed by atoms with Crippen LogP contribution in [0, 0.1) is 13.8 Å². The van der Waals surface area contributed by atoms with Crippen LogP contribution in [-0.4, -0.2) is 16.2 Å². The summed E-state index contributed by atoms with van der Waals surface area (Å²) in [5.41, 5.74) is 3.15. The third-order valence-electron chi connectivity index (χ3n) is 2.73. The molecule has 2 rings (SSSR count). The van der Waals surface area contributed by atoms with E-state index in [0.717, 1.165) is 15.6 Å². The molecule has 0 saturated carbocycles. The first kappa shape index (κ1) is 12.8. The number of aryl methyl sites for hydroxylation is 2. The Hall–Kier alpha value is -1.62. The zero-order valence-corrected chi connectivity index (χ0v) is 11.6. The van der Waals surface area contributed by atoms with Crippen LogP contribution in [0.1, 0.15) is 16.8 Å². The molecular weight excluding hydrogens is 298 g/mol. The van der Waals surface area contributed by atoms with Crippen LogP contribution in [0.2, 0.25) is 0 Å². The van der Waals surface area contributed by atoms with Crippen molar-refractivity contribution in [3.05, 3.63) is 39.5 Å². The normalized spacial score (nSPS) is 10.6. The summed E-state index contributed by atoms with van der Waals surface area (Å²) in [5.74, 6) is -0.359. The number of carboxylic acid groups (broad SMARTS) is 1. The molecule has 0 aliphatic rings. The summed E-state index contributed by atoms with van der Waals surface area (Å²) in [6.45, 7) is 3.71. The first-order valence-electron chi connectivity index (χ1n) is 5.42. The van der Waals surface area contributed by atoms with Crippen LogP contribution in [0.25, 0.3) is 11.3 Å². The van der Waals surface area contributed by atoms with E-state index >= 15 is 0 Å². The van der Waals surface area contributed by atoms with Gasteiger partial charge in [0.2, 0.25) is 0 Å². The Labute approximate surface area is 113 Å². The van der Waals surface area contributed by atoms with E-state index in [1.165, 1.54) is 0 Å². The zero-order chi connectivity index (χ0) is 13.3. The standard InChI is InChI=1S/C13H12BrNO3/c1-7-5-9(3-4-11(7)14)13-10(6-12(16)17)8(2)15-18-13/h3-5H,6H2,1-2H3,(H,16,17). The number of carboxylic acids is 1. The second-order valence-corrected chi connectivity index (χ2v) is 4.96. The molecule has 4 nitrogen and oxygen atoms in total. The molecule has 5 heteroatoms. The summed E-state index contributed by atoms with van der Waals surface area (Å²) in [7, 11) is 0. The van der Waals surface area contributed by atoms with Crippen LogP contribution in [0.15, 0.2) is 27.2 Å². The number of carbonyl (C=O) groups is 1. The monoisotopic (exact) mass is 309 g/mol. The molecule has 0 bridgehead atoms. The average molecular weight is 310 g/mol. The van der Waals surface area contributed by atoms with Crippen molar-refractivity contribution in [3.63, 3.8) is 0 Å². The Morgan fingerprint density at radius 3 is 2.78 bits per heavy atom. The van der Waals surface area contributed by atoms with Crippen LogP contribution in [0.3, 0.4) is 0 Å². The van der Waals surface area contributed by atoms with Crippen LogP contribution in [0.5, 0.6) is 0 Å². The quantitative estimate of drug-likeness (QED) is 0.944. The molecule has 0 saturated heterocycles. The van der Waals surface area contributed by atoms with Crippen LogP contribution < -0.4 is 0 Å². The van der Waals surface area contributed by atoms with Crippen LogP contribution >= 0.6 is 15.9 Å². The van der Waals surface area contributed by atoms with Gasteiger partial charge in [-0.3, -0.25) is 4.79 Å². The number of aromatic nitrogens is 1. The smallest absolute Gasteiger partial charge is 0.308 e. The first-order valence-corrected chi connectivity index (χ1v) is 6.22. The summed E-state index contributed by atoms with van der Waals surface area (Å²) in [4.78, 5) is 10.8. The van der Waals surface area contributed by atoms with Crippen molar-refractivity contribution < 1.29 is 14.4 Å². The first-order chi connectivity index (χ1) is 8.49. The third-order valence-corrected chi connectivity index (χ3v) is 3.62. The highest BCUT2D eigenvalue weighted by Gasteiger charge is 2.17. The minimum absolute atomic E-state index is 0.0836. The molecule has 0 amide bonds. The van der Waals surface area contributed by atoms with Crippen molar-refractivity contribution >= 4 is 21.9 Å². The predicted molar refractivity (Wildman–Crippen MR) is 70.5 cm³/mol. The summed E-state index contributed by atoms with van der Waals surface area (Å²) in [6, 6.07) is 5.73. The van der Waals surface area contributed by atoms with Gasteiger partial charge in [-0.15, -0.1) is 0 Å². The Bertz CT molecular complexity index is 604. The third kappa shape index (κ3) is 2.46. The fourth-order valence-corrected chi connectivity index (χ4v) is 2.01. The molecule has 0 atom stereocenters. The lowest BCUT2D eigenvalue weighted by Gasteiger charge is -2.03. The summed E-state index contributed by atoms with van der Waals surface area (Å²) < 4.78 is 6.25. The van der Waals surface area contributed by atoms with E-state index in [4.69, 9.17) is 9.63 Å². The number of hydrogen-bond donors (Lipinski definition) is 1. The summed E-state index contributed by atoms with van der Waals surface area (Å²) in [6.07, 6.45) is -0.0836. The van der Waals surface area contributed by atoms with Crippen LogP contribution in [-0.2, 0) is 11.2 Å². The minimum atomic E-state index is -0.892. The van der Waals surface area contributed by atoms with Crippen molar-refractivity contribution in [3.8, 4) is 11.3 Å². The fourth-order valence-electron chi connectivity index (χ4n) is 1.76. The highest BCUT2D eigenvalue weighted by Crippen LogP contribution is 2.29. The molecule has 0 unspecified atom stereocenters. The molecule has 1 aromatic heterocycles. The number of benzene rings is 1. The van der Waals surface area contributed by atoms with Gasteiger partial charge in [-0.05, 0) is 37.6 Å². The molecule has 1 aromatic carbocycles. The van der Waals surface area contributed by atoms with E-state index in [1.54, 1.807) is 6.92 Å². The molecule has 2 aromatic rings. The lowest BCUT2D eigenvalue weighted by atomic mass is 10.0. The van der Waals surface area contributed by atoms with E-state index in [9.17, 15) is 4.79 Å². The average Bonchev–Trinajstić information content (AvgIpc) is 2.64. The molecule has 0 aliphatic heterocycles. The van der Waals surface area contributed by atoms with Crippen molar-refractivity contribution in [2.75, 3.05) is 0 Å². The Kier molecular flexibility index (Phi) is 3.52. The number of nitrogens with zero attached hydrogens (tertiary/aromatic N) is 1. The SMILES string of the molecule is Cc1cc(-c2onc(C)c2CC(=O)O)ccc1Br. The zero-order valence-electron chi connectivity index (χ0n) is 10.0. The highest BCUT2D eigenvalue weighted by molar-refractivity contribution is 9.10. The van der Waals surface area contributed by atoms with E-state index < -0.39 is 5.97 Å². The molecule has 1 N–H and O–H groups in total. The van der Waals surface area contributed by atoms with E-state index in [0.29, 0.717) is 17.0 Å². The van der Waals surface area contributed by atoms with Crippen LogP contribution in [0.4, 0.5) is 0 Å². The van der Waals surface area contributed by atoms with Crippen molar-refractivity contribution in [2.24, 2.45) is 0 Å². The maximum absolute atomic E-state index is 10.8. The van der Waals surface area contributed by atoms with Gasteiger partial charge in [-0.2, -0.15) is 0 Å². The van der Waals surface area contributed by atoms with Gasteiger partial charge in [0, 0.05) is 15.6 Å². The lowest BCUT2D eigenvalue weighted by Crippen LogP contribution is -2.01. The number of hydrogen-bond acceptors (Lipinski definition) is 3. The van der Waals surface area contributed by atoms with Gasteiger partial charge < -0.3 is 9.63 Å². The van der Waals surface area contributed by atoms with Gasteiger partial charge in [0.1, 0.15) is 0 Å². The molecule has 18 heavy (non-hydrogen) atoms. The van der Waals surface area contributed by atoms with Gasteiger partial charge >= 0.3 is 5.97 Å². The molecular formula is C13H12BrNO3. The van der Waals surface area contributed by atoms with Gasteiger partial charge in [0.15, 0.2) is 5.76 Å². The minimum Gasteiger partial charge on any atom is -0.481 e. The van der Waals surface area contributed by atoms with Gasteiger partial charge in [0.05, 0.1) is 12.1 Å². The Balaban J connectivity index is 2.50. The number of halogens is 1. The lowest BCUT2D eigenvalue weighted by molar-refractivity contribution is -0.136. The molecule has 94 valence electrons. The van der Waals surface area contributed by atoms with E-state index in [2.05, 4.69) is 21.1 Å². The number of aliphatic carboxylic acids is 1. The summed E-state index contributed by atoms with van der Waals surface area (Å²) in [5, 5.41) is 12.8. The van der Waals surface area contributed by atoms with Crippen molar-refractivity contribution in [1.29, 1.82) is 0 Å². The highest BCUT2D eigenvalue weighted by atomic mass is 79.9. The maximum Gasteiger partial charge on any atom is 0.308 e. The van der Waals surface area contributed by atoms with Gasteiger partial charge in [-0.25, -0.2) is 0 Å². The maximum atomic E-state index is 10.8.